The van der Waals surface area contributed by atoms with Crippen molar-refractivity contribution in [3.63, 3.8) is 0 Å². The van der Waals surface area contributed by atoms with Gasteiger partial charge in [0.15, 0.2) is 0 Å². The predicted molar refractivity (Wildman–Crippen MR) is 63.1 cm³/mol. The third kappa shape index (κ3) is 2.08. The number of aromatic nitrogens is 2. The summed E-state index contributed by atoms with van der Waals surface area (Å²) in [4.78, 5) is 4.05. The van der Waals surface area contributed by atoms with Gasteiger partial charge in [0.25, 0.3) is 0 Å². The molecule has 0 N–H and O–H groups in total. The number of benzene rings is 1. The SMILES string of the molecule is Clc1nsc(-c2ccc(Br)c(Cl)c2)n1. The van der Waals surface area contributed by atoms with Gasteiger partial charge in [-0.1, -0.05) is 17.7 Å². The number of nitrogens with zero attached hydrogens (tertiary/aromatic N) is 2. The summed E-state index contributed by atoms with van der Waals surface area (Å²) in [6.07, 6.45) is 0. The Morgan fingerprint density at radius 3 is 2.64 bits per heavy atom. The van der Waals surface area contributed by atoms with Crippen LogP contribution in [0, 0.1) is 0 Å². The molecule has 0 saturated heterocycles. The third-order valence-electron chi connectivity index (χ3n) is 1.57. The molecule has 1 aromatic heterocycles. The van der Waals surface area contributed by atoms with Gasteiger partial charge in [-0.15, -0.1) is 0 Å². The van der Waals surface area contributed by atoms with Crippen molar-refractivity contribution >= 4 is 50.7 Å². The van der Waals surface area contributed by atoms with E-state index in [1.165, 1.54) is 11.5 Å². The van der Waals surface area contributed by atoms with E-state index in [4.69, 9.17) is 23.2 Å². The van der Waals surface area contributed by atoms with Gasteiger partial charge in [-0.2, -0.15) is 4.37 Å². The minimum atomic E-state index is 0.268. The number of halogens is 3. The molecule has 0 aliphatic rings. The van der Waals surface area contributed by atoms with Crippen LogP contribution < -0.4 is 0 Å². The molecule has 1 aromatic carbocycles. The first-order chi connectivity index (χ1) is 6.66. The maximum Gasteiger partial charge on any atom is 0.234 e. The summed E-state index contributed by atoms with van der Waals surface area (Å²) < 4.78 is 4.75. The molecule has 0 saturated carbocycles. The monoisotopic (exact) mass is 308 g/mol. The van der Waals surface area contributed by atoms with Gasteiger partial charge in [0.05, 0.1) is 5.02 Å². The van der Waals surface area contributed by atoms with E-state index in [1.807, 2.05) is 18.2 Å². The van der Waals surface area contributed by atoms with E-state index in [1.54, 1.807) is 0 Å². The van der Waals surface area contributed by atoms with Crippen LogP contribution in [0.25, 0.3) is 10.6 Å². The second-order valence-corrected chi connectivity index (χ2v) is 4.85. The van der Waals surface area contributed by atoms with E-state index in [9.17, 15) is 0 Å². The molecule has 2 nitrogen and oxygen atoms in total. The van der Waals surface area contributed by atoms with Gasteiger partial charge in [0.1, 0.15) is 5.01 Å². The van der Waals surface area contributed by atoms with Crippen molar-refractivity contribution in [3.8, 4) is 10.6 Å². The zero-order valence-corrected chi connectivity index (χ0v) is 10.6. The molecule has 2 rings (SSSR count). The van der Waals surface area contributed by atoms with Gasteiger partial charge >= 0.3 is 0 Å². The maximum absolute atomic E-state index is 5.95. The van der Waals surface area contributed by atoms with Crippen LogP contribution in [0.1, 0.15) is 0 Å². The lowest BCUT2D eigenvalue weighted by molar-refractivity contribution is 1.33. The summed E-state index contributed by atoms with van der Waals surface area (Å²) in [7, 11) is 0. The lowest BCUT2D eigenvalue weighted by Crippen LogP contribution is -1.76. The molecular weight excluding hydrogens is 307 g/mol. The molecule has 0 aliphatic heterocycles. The maximum atomic E-state index is 5.95. The first-order valence-corrected chi connectivity index (χ1v) is 5.93. The lowest BCUT2D eigenvalue weighted by atomic mass is 10.2. The van der Waals surface area contributed by atoms with E-state index in [2.05, 4.69) is 25.3 Å². The summed E-state index contributed by atoms with van der Waals surface area (Å²) >= 11 is 16.1. The standard InChI is InChI=1S/C8H3BrCl2N2S/c9-5-2-1-4(3-6(5)10)7-12-8(11)13-14-7/h1-3H. The highest BCUT2D eigenvalue weighted by atomic mass is 79.9. The largest absolute Gasteiger partial charge is 0.234 e. The highest BCUT2D eigenvalue weighted by molar-refractivity contribution is 9.10. The Morgan fingerprint density at radius 2 is 2.07 bits per heavy atom. The Hall–Kier alpha value is -0.160. The fourth-order valence-corrected chi connectivity index (χ4v) is 2.18. The second kappa shape index (κ2) is 4.14. The Balaban J connectivity index is 2.47. The molecule has 2 aromatic rings. The molecule has 0 bridgehead atoms. The van der Waals surface area contributed by atoms with Crippen LogP contribution in [0.3, 0.4) is 0 Å². The van der Waals surface area contributed by atoms with Gasteiger partial charge in [-0.05, 0) is 51.2 Å². The molecule has 72 valence electrons. The van der Waals surface area contributed by atoms with E-state index in [-0.39, 0.29) is 5.28 Å². The third-order valence-corrected chi connectivity index (χ3v) is 3.83. The first-order valence-electron chi connectivity index (χ1n) is 3.61. The molecule has 0 atom stereocenters. The van der Waals surface area contributed by atoms with E-state index >= 15 is 0 Å². The average molecular weight is 310 g/mol. The van der Waals surface area contributed by atoms with Crippen molar-refractivity contribution in [1.82, 2.24) is 9.36 Å². The average Bonchev–Trinajstić information content (AvgIpc) is 2.57. The molecule has 0 radical (unpaired) electrons. The quantitative estimate of drug-likeness (QED) is 0.786. The minimum absolute atomic E-state index is 0.268. The Kier molecular flexibility index (Phi) is 3.07. The van der Waals surface area contributed by atoms with Gasteiger partial charge in [-0.3, -0.25) is 0 Å². The van der Waals surface area contributed by atoms with Gasteiger partial charge in [0, 0.05) is 10.0 Å². The van der Waals surface area contributed by atoms with Crippen LogP contribution in [0.2, 0.25) is 10.3 Å². The van der Waals surface area contributed by atoms with Crippen LogP contribution >= 0.6 is 50.7 Å². The van der Waals surface area contributed by atoms with Crippen LogP contribution in [0.15, 0.2) is 22.7 Å². The smallest absolute Gasteiger partial charge is 0.205 e. The number of hydrogen-bond acceptors (Lipinski definition) is 3. The highest BCUT2D eigenvalue weighted by Crippen LogP contribution is 2.30. The summed E-state index contributed by atoms with van der Waals surface area (Å²) in [5, 5.41) is 1.68. The van der Waals surface area contributed by atoms with Crippen LogP contribution in [0.4, 0.5) is 0 Å². The molecule has 0 spiro atoms. The fourth-order valence-electron chi connectivity index (χ4n) is 0.952. The topological polar surface area (TPSA) is 25.8 Å². The molecule has 14 heavy (non-hydrogen) atoms. The summed E-state index contributed by atoms with van der Waals surface area (Å²) in [5.41, 5.74) is 0.919. The van der Waals surface area contributed by atoms with E-state index in [0.717, 1.165) is 15.0 Å². The normalized spacial score (nSPS) is 10.5. The summed E-state index contributed by atoms with van der Waals surface area (Å²) in [5.74, 6) is 0. The zero-order valence-electron chi connectivity index (χ0n) is 6.67. The van der Waals surface area contributed by atoms with Crippen LogP contribution in [-0.4, -0.2) is 9.36 Å². The number of hydrogen-bond donors (Lipinski definition) is 0. The van der Waals surface area contributed by atoms with Crippen LogP contribution in [0.5, 0.6) is 0 Å². The van der Waals surface area contributed by atoms with Crippen molar-refractivity contribution in [2.45, 2.75) is 0 Å². The number of rotatable bonds is 1. The summed E-state index contributed by atoms with van der Waals surface area (Å²) in [6.45, 7) is 0. The van der Waals surface area contributed by atoms with Crippen molar-refractivity contribution in [3.05, 3.63) is 33.0 Å². The van der Waals surface area contributed by atoms with Crippen LogP contribution in [-0.2, 0) is 0 Å². The molecule has 0 amide bonds. The van der Waals surface area contributed by atoms with E-state index in [0.29, 0.717) is 5.02 Å². The van der Waals surface area contributed by atoms with Crippen molar-refractivity contribution in [1.29, 1.82) is 0 Å². The Labute approximate surface area is 103 Å². The van der Waals surface area contributed by atoms with Gasteiger partial charge in [0.2, 0.25) is 5.28 Å². The van der Waals surface area contributed by atoms with Crippen molar-refractivity contribution in [2.24, 2.45) is 0 Å². The molecule has 6 heteroatoms. The molecular formula is C8H3BrCl2N2S. The van der Waals surface area contributed by atoms with E-state index < -0.39 is 0 Å². The second-order valence-electron chi connectivity index (χ2n) is 2.50. The molecule has 0 aliphatic carbocycles. The Bertz CT molecular complexity index is 472. The lowest BCUT2D eigenvalue weighted by Gasteiger charge is -1.98. The van der Waals surface area contributed by atoms with Crippen molar-refractivity contribution in [2.75, 3.05) is 0 Å². The van der Waals surface area contributed by atoms with Gasteiger partial charge < -0.3 is 0 Å². The fraction of sp³-hybridized carbons (Fsp3) is 0. The molecule has 0 unspecified atom stereocenters. The molecule has 0 fully saturated rings. The minimum Gasteiger partial charge on any atom is -0.205 e. The Morgan fingerprint density at radius 1 is 1.29 bits per heavy atom. The molecule has 1 heterocycles. The first kappa shape index (κ1) is 10.4. The zero-order chi connectivity index (χ0) is 10.1. The van der Waals surface area contributed by atoms with Crippen molar-refractivity contribution < 1.29 is 0 Å². The summed E-state index contributed by atoms with van der Waals surface area (Å²) in [6, 6.07) is 5.60. The predicted octanol–water partition coefficient (Wildman–Crippen LogP) is 4.27. The van der Waals surface area contributed by atoms with Gasteiger partial charge in [-0.25, -0.2) is 4.98 Å². The highest BCUT2D eigenvalue weighted by Gasteiger charge is 2.06.